The molecule has 2 atom stereocenters. The lowest BCUT2D eigenvalue weighted by atomic mass is 9.96. The minimum absolute atomic E-state index is 0.278. The first kappa shape index (κ1) is 14.2. The van der Waals surface area contributed by atoms with Gasteiger partial charge in [-0.15, -0.1) is 0 Å². The van der Waals surface area contributed by atoms with Gasteiger partial charge in [-0.05, 0) is 30.5 Å². The quantitative estimate of drug-likeness (QED) is 0.902. The van der Waals surface area contributed by atoms with Crippen LogP contribution in [0.3, 0.4) is 0 Å². The number of benzene rings is 1. The molecule has 0 amide bonds. The second kappa shape index (κ2) is 6.26. The van der Waals surface area contributed by atoms with E-state index < -0.39 is 0 Å². The van der Waals surface area contributed by atoms with E-state index in [4.69, 9.17) is 15.2 Å². The molecule has 1 aliphatic heterocycles. The summed E-state index contributed by atoms with van der Waals surface area (Å²) in [6.07, 6.45) is 1.12. The van der Waals surface area contributed by atoms with Crippen LogP contribution in [0, 0.1) is 5.92 Å². The van der Waals surface area contributed by atoms with Crippen LogP contribution in [-0.2, 0) is 6.54 Å². The largest absolute Gasteiger partial charge is 0.497 e. The average Bonchev–Trinajstić information content (AvgIpc) is 2.37. The molecule has 1 aliphatic rings. The Labute approximate surface area is 115 Å². The van der Waals surface area contributed by atoms with Crippen LogP contribution in [0.2, 0.25) is 0 Å². The minimum atomic E-state index is 0.278. The molecule has 106 valence electrons. The Balaban J connectivity index is 2.12. The van der Waals surface area contributed by atoms with Crippen LogP contribution in [0.15, 0.2) is 18.2 Å². The molecule has 19 heavy (non-hydrogen) atoms. The molecule has 1 aromatic rings. The van der Waals surface area contributed by atoms with Crippen molar-refractivity contribution < 1.29 is 9.47 Å². The van der Waals surface area contributed by atoms with Crippen LogP contribution in [0.25, 0.3) is 0 Å². The lowest BCUT2D eigenvalue weighted by Crippen LogP contribution is -2.45. The Morgan fingerprint density at radius 2 is 2.05 bits per heavy atom. The third-order valence-electron chi connectivity index (χ3n) is 3.65. The van der Waals surface area contributed by atoms with Gasteiger partial charge < -0.3 is 15.2 Å². The van der Waals surface area contributed by atoms with Gasteiger partial charge in [0.05, 0.1) is 14.2 Å². The second-order valence-electron chi connectivity index (χ2n) is 5.47. The maximum absolute atomic E-state index is 6.10. The van der Waals surface area contributed by atoms with Crippen molar-refractivity contribution in [1.29, 1.82) is 0 Å². The van der Waals surface area contributed by atoms with Crippen LogP contribution in [0.1, 0.15) is 18.9 Å². The van der Waals surface area contributed by atoms with Gasteiger partial charge >= 0.3 is 0 Å². The summed E-state index contributed by atoms with van der Waals surface area (Å²) in [5.74, 6) is 2.43. The molecule has 0 spiro atoms. The summed E-state index contributed by atoms with van der Waals surface area (Å²) in [5, 5.41) is 0. The van der Waals surface area contributed by atoms with Crippen LogP contribution < -0.4 is 15.2 Å². The van der Waals surface area contributed by atoms with Gasteiger partial charge in [-0.2, -0.15) is 0 Å². The van der Waals surface area contributed by atoms with Crippen LogP contribution in [0.4, 0.5) is 0 Å². The normalized spacial score (nSPS) is 24.2. The van der Waals surface area contributed by atoms with Crippen molar-refractivity contribution in [2.75, 3.05) is 27.3 Å². The summed E-state index contributed by atoms with van der Waals surface area (Å²) in [6.45, 7) is 5.16. The molecule has 2 N–H and O–H groups in total. The number of likely N-dealkylation sites (tertiary alicyclic amines) is 1. The fourth-order valence-electron chi connectivity index (χ4n) is 2.89. The van der Waals surface area contributed by atoms with E-state index in [9.17, 15) is 0 Å². The van der Waals surface area contributed by atoms with E-state index >= 15 is 0 Å². The lowest BCUT2D eigenvalue weighted by molar-refractivity contribution is 0.157. The number of nitrogens with zero attached hydrogens (tertiary/aromatic N) is 1. The predicted octanol–water partition coefficient (Wildman–Crippen LogP) is 1.87. The third kappa shape index (κ3) is 3.61. The van der Waals surface area contributed by atoms with E-state index in [0.29, 0.717) is 5.92 Å². The Morgan fingerprint density at radius 1 is 1.26 bits per heavy atom. The number of methoxy groups -OCH3 is 2. The van der Waals surface area contributed by atoms with Gasteiger partial charge in [-0.25, -0.2) is 0 Å². The molecule has 1 aromatic carbocycles. The van der Waals surface area contributed by atoms with Crippen LogP contribution >= 0.6 is 0 Å². The Hall–Kier alpha value is -1.26. The van der Waals surface area contributed by atoms with Crippen molar-refractivity contribution in [1.82, 2.24) is 4.90 Å². The molecule has 0 radical (unpaired) electrons. The van der Waals surface area contributed by atoms with Crippen molar-refractivity contribution in [3.63, 3.8) is 0 Å². The summed E-state index contributed by atoms with van der Waals surface area (Å²) in [5.41, 5.74) is 7.25. The number of hydrogen-bond acceptors (Lipinski definition) is 4. The second-order valence-corrected chi connectivity index (χ2v) is 5.47. The summed E-state index contributed by atoms with van der Waals surface area (Å²) in [4.78, 5) is 2.40. The summed E-state index contributed by atoms with van der Waals surface area (Å²) in [7, 11) is 3.39. The standard InChI is InChI=1S/C15H24N2O2/c1-11-6-13(16)10-17(8-11)9-12-7-14(18-2)4-5-15(12)19-3/h4-5,7,11,13H,6,8-10,16H2,1-3H3. The van der Waals surface area contributed by atoms with E-state index in [-0.39, 0.29) is 6.04 Å². The fourth-order valence-corrected chi connectivity index (χ4v) is 2.89. The SMILES string of the molecule is COc1ccc(OC)c(CN2CC(C)CC(N)C2)c1. The van der Waals surface area contributed by atoms with Gasteiger partial charge in [-0.3, -0.25) is 4.90 Å². The highest BCUT2D eigenvalue weighted by atomic mass is 16.5. The van der Waals surface area contributed by atoms with Crippen molar-refractivity contribution in [3.8, 4) is 11.5 Å². The zero-order valence-corrected chi connectivity index (χ0v) is 12.1. The molecule has 1 heterocycles. The maximum atomic E-state index is 6.10. The molecule has 2 unspecified atom stereocenters. The molecular formula is C15H24N2O2. The van der Waals surface area contributed by atoms with Gasteiger partial charge in [0, 0.05) is 31.2 Å². The zero-order chi connectivity index (χ0) is 13.8. The highest BCUT2D eigenvalue weighted by molar-refractivity contribution is 5.40. The monoisotopic (exact) mass is 264 g/mol. The maximum Gasteiger partial charge on any atom is 0.123 e. The van der Waals surface area contributed by atoms with E-state index in [1.165, 1.54) is 0 Å². The van der Waals surface area contributed by atoms with Crippen molar-refractivity contribution in [2.24, 2.45) is 11.7 Å². The zero-order valence-electron chi connectivity index (χ0n) is 12.1. The van der Waals surface area contributed by atoms with Crippen molar-refractivity contribution in [3.05, 3.63) is 23.8 Å². The first-order valence-corrected chi connectivity index (χ1v) is 6.81. The highest BCUT2D eigenvalue weighted by Gasteiger charge is 2.23. The molecule has 2 rings (SSSR count). The molecule has 1 fully saturated rings. The molecular weight excluding hydrogens is 240 g/mol. The minimum Gasteiger partial charge on any atom is -0.497 e. The molecule has 0 saturated carbocycles. The molecule has 0 aromatic heterocycles. The molecule has 4 heteroatoms. The van der Waals surface area contributed by atoms with Gasteiger partial charge in [0.15, 0.2) is 0 Å². The number of rotatable bonds is 4. The van der Waals surface area contributed by atoms with E-state index in [2.05, 4.69) is 11.8 Å². The van der Waals surface area contributed by atoms with E-state index in [1.54, 1.807) is 14.2 Å². The topological polar surface area (TPSA) is 47.7 Å². The van der Waals surface area contributed by atoms with Crippen LogP contribution in [-0.4, -0.2) is 38.3 Å². The Morgan fingerprint density at radius 3 is 2.68 bits per heavy atom. The number of ether oxygens (including phenoxy) is 2. The molecule has 4 nitrogen and oxygen atoms in total. The van der Waals surface area contributed by atoms with E-state index in [1.807, 2.05) is 18.2 Å². The molecule has 0 aliphatic carbocycles. The van der Waals surface area contributed by atoms with Gasteiger partial charge in [-0.1, -0.05) is 6.92 Å². The molecule has 0 bridgehead atoms. The number of piperidine rings is 1. The van der Waals surface area contributed by atoms with E-state index in [0.717, 1.165) is 43.1 Å². The van der Waals surface area contributed by atoms with Crippen LogP contribution in [0.5, 0.6) is 11.5 Å². The lowest BCUT2D eigenvalue weighted by Gasteiger charge is -2.35. The summed E-state index contributed by atoms with van der Waals surface area (Å²) < 4.78 is 10.7. The average molecular weight is 264 g/mol. The first-order chi connectivity index (χ1) is 9.12. The summed E-state index contributed by atoms with van der Waals surface area (Å²) in [6, 6.07) is 6.21. The Bertz CT molecular complexity index is 413. The Kier molecular flexibility index (Phi) is 4.66. The van der Waals surface area contributed by atoms with Gasteiger partial charge in [0.25, 0.3) is 0 Å². The predicted molar refractivity (Wildman–Crippen MR) is 76.6 cm³/mol. The third-order valence-corrected chi connectivity index (χ3v) is 3.65. The first-order valence-electron chi connectivity index (χ1n) is 6.81. The van der Waals surface area contributed by atoms with Crippen molar-refractivity contribution in [2.45, 2.75) is 25.9 Å². The smallest absolute Gasteiger partial charge is 0.123 e. The van der Waals surface area contributed by atoms with Crippen molar-refractivity contribution >= 4 is 0 Å². The highest BCUT2D eigenvalue weighted by Crippen LogP contribution is 2.26. The van der Waals surface area contributed by atoms with Gasteiger partial charge in [0.2, 0.25) is 0 Å². The summed E-state index contributed by atoms with van der Waals surface area (Å²) >= 11 is 0. The molecule has 1 saturated heterocycles. The number of hydrogen-bond donors (Lipinski definition) is 1. The fraction of sp³-hybridized carbons (Fsp3) is 0.600. The van der Waals surface area contributed by atoms with Gasteiger partial charge in [0.1, 0.15) is 11.5 Å². The number of nitrogens with two attached hydrogens (primary N) is 1.